The second-order valence-electron chi connectivity index (χ2n) is 1.87. The molecule has 0 amide bonds. The molecule has 1 rings (SSSR count). The standard InChI is InChI=1S/C7H8N2O/c1-2-5-3-6(8)7(10)4-9-5/h2-4,10H,1H2,(H2,8,9). The predicted octanol–water partition coefficient (Wildman–Crippen LogP) is 1.01. The van der Waals surface area contributed by atoms with E-state index in [4.69, 9.17) is 10.8 Å². The van der Waals surface area contributed by atoms with Crippen LogP contribution in [-0.2, 0) is 0 Å². The molecule has 0 radical (unpaired) electrons. The van der Waals surface area contributed by atoms with Crippen molar-refractivity contribution in [2.75, 3.05) is 5.73 Å². The van der Waals surface area contributed by atoms with E-state index < -0.39 is 0 Å². The van der Waals surface area contributed by atoms with E-state index >= 15 is 0 Å². The van der Waals surface area contributed by atoms with E-state index in [0.29, 0.717) is 11.4 Å². The van der Waals surface area contributed by atoms with Gasteiger partial charge in [0.1, 0.15) is 0 Å². The minimum atomic E-state index is 0.00519. The Bertz CT molecular complexity index is 258. The van der Waals surface area contributed by atoms with Crippen LogP contribution in [0.3, 0.4) is 0 Å². The van der Waals surface area contributed by atoms with Gasteiger partial charge in [-0.25, -0.2) is 0 Å². The Labute approximate surface area is 58.8 Å². The van der Waals surface area contributed by atoms with Crippen LogP contribution in [0.2, 0.25) is 0 Å². The highest BCUT2D eigenvalue weighted by Crippen LogP contribution is 2.17. The number of hydrogen-bond donors (Lipinski definition) is 2. The maximum absolute atomic E-state index is 8.92. The molecular weight excluding hydrogens is 128 g/mol. The Morgan fingerprint density at radius 2 is 2.40 bits per heavy atom. The van der Waals surface area contributed by atoms with Gasteiger partial charge in [-0.2, -0.15) is 0 Å². The average molecular weight is 136 g/mol. The van der Waals surface area contributed by atoms with E-state index in [1.54, 1.807) is 12.1 Å². The normalized spacial score (nSPS) is 9.20. The Kier molecular flexibility index (Phi) is 1.58. The van der Waals surface area contributed by atoms with Crippen LogP contribution in [0.25, 0.3) is 6.08 Å². The Morgan fingerprint density at radius 3 is 2.90 bits per heavy atom. The number of aromatic nitrogens is 1. The smallest absolute Gasteiger partial charge is 0.156 e. The van der Waals surface area contributed by atoms with Crippen molar-refractivity contribution in [3.63, 3.8) is 0 Å². The lowest BCUT2D eigenvalue weighted by Gasteiger charge is -1.97. The summed E-state index contributed by atoms with van der Waals surface area (Å²) in [6, 6.07) is 1.56. The van der Waals surface area contributed by atoms with Gasteiger partial charge in [0.2, 0.25) is 0 Å². The van der Waals surface area contributed by atoms with Crippen LogP contribution in [0.4, 0.5) is 5.69 Å². The van der Waals surface area contributed by atoms with E-state index in [0.717, 1.165) is 0 Å². The van der Waals surface area contributed by atoms with Crippen molar-refractivity contribution >= 4 is 11.8 Å². The van der Waals surface area contributed by atoms with Gasteiger partial charge in [0, 0.05) is 0 Å². The molecule has 0 spiro atoms. The Morgan fingerprint density at radius 1 is 1.70 bits per heavy atom. The molecule has 10 heavy (non-hydrogen) atoms. The molecule has 0 aliphatic rings. The van der Waals surface area contributed by atoms with Gasteiger partial charge < -0.3 is 10.8 Å². The molecule has 3 heteroatoms. The summed E-state index contributed by atoms with van der Waals surface area (Å²) in [5, 5.41) is 8.92. The first-order valence-electron chi connectivity index (χ1n) is 2.81. The summed E-state index contributed by atoms with van der Waals surface area (Å²) in [5.74, 6) is 0.00519. The fraction of sp³-hybridized carbons (Fsp3) is 0. The fourth-order valence-corrected chi connectivity index (χ4v) is 0.592. The van der Waals surface area contributed by atoms with Crippen LogP contribution in [0, 0.1) is 0 Å². The third-order valence-corrected chi connectivity index (χ3v) is 1.14. The van der Waals surface area contributed by atoms with Crippen molar-refractivity contribution in [1.29, 1.82) is 0 Å². The summed E-state index contributed by atoms with van der Waals surface area (Å²) in [6.07, 6.45) is 2.86. The molecule has 3 N–H and O–H groups in total. The summed E-state index contributed by atoms with van der Waals surface area (Å²) in [6.45, 7) is 3.50. The Hall–Kier alpha value is -1.51. The first kappa shape index (κ1) is 6.61. The monoisotopic (exact) mass is 136 g/mol. The lowest BCUT2D eigenvalue weighted by molar-refractivity contribution is 0.475. The maximum Gasteiger partial charge on any atom is 0.156 e. The zero-order valence-electron chi connectivity index (χ0n) is 5.41. The molecule has 0 fully saturated rings. The van der Waals surface area contributed by atoms with E-state index in [2.05, 4.69) is 11.6 Å². The zero-order valence-corrected chi connectivity index (χ0v) is 5.41. The highest BCUT2D eigenvalue weighted by molar-refractivity contribution is 5.56. The summed E-state index contributed by atoms with van der Waals surface area (Å²) in [7, 11) is 0. The largest absolute Gasteiger partial charge is 0.504 e. The lowest BCUT2D eigenvalue weighted by Crippen LogP contribution is -1.88. The molecule has 1 heterocycles. The minimum Gasteiger partial charge on any atom is -0.504 e. The second-order valence-corrected chi connectivity index (χ2v) is 1.87. The van der Waals surface area contributed by atoms with Crippen LogP contribution in [0.1, 0.15) is 5.69 Å². The van der Waals surface area contributed by atoms with Crippen molar-refractivity contribution in [2.24, 2.45) is 0 Å². The number of aromatic hydroxyl groups is 1. The summed E-state index contributed by atoms with van der Waals surface area (Å²) >= 11 is 0. The number of hydrogen-bond acceptors (Lipinski definition) is 3. The van der Waals surface area contributed by atoms with Gasteiger partial charge in [-0.15, -0.1) is 0 Å². The quantitative estimate of drug-likeness (QED) is 0.605. The molecule has 0 aliphatic heterocycles. The van der Waals surface area contributed by atoms with E-state index in [9.17, 15) is 0 Å². The molecule has 1 aromatic rings. The van der Waals surface area contributed by atoms with Crippen molar-refractivity contribution in [3.8, 4) is 5.75 Å². The third kappa shape index (κ3) is 1.07. The van der Waals surface area contributed by atoms with Gasteiger partial charge >= 0.3 is 0 Å². The third-order valence-electron chi connectivity index (χ3n) is 1.14. The number of nitrogens with two attached hydrogens (primary N) is 1. The van der Waals surface area contributed by atoms with Crippen molar-refractivity contribution in [1.82, 2.24) is 4.98 Å². The van der Waals surface area contributed by atoms with Gasteiger partial charge in [-0.3, -0.25) is 4.98 Å². The number of nitrogen functional groups attached to an aromatic ring is 1. The van der Waals surface area contributed by atoms with E-state index in [1.807, 2.05) is 0 Å². The molecule has 0 aromatic carbocycles. The molecule has 0 bridgehead atoms. The summed E-state index contributed by atoms with van der Waals surface area (Å²) < 4.78 is 0. The minimum absolute atomic E-state index is 0.00519. The van der Waals surface area contributed by atoms with Crippen LogP contribution in [0.15, 0.2) is 18.8 Å². The molecule has 0 unspecified atom stereocenters. The molecule has 0 atom stereocenters. The van der Waals surface area contributed by atoms with Crippen LogP contribution in [-0.4, -0.2) is 10.1 Å². The van der Waals surface area contributed by atoms with Gasteiger partial charge in [0.05, 0.1) is 17.6 Å². The number of rotatable bonds is 1. The maximum atomic E-state index is 8.92. The number of nitrogens with zero attached hydrogens (tertiary/aromatic N) is 1. The predicted molar refractivity (Wildman–Crippen MR) is 40.4 cm³/mol. The molecule has 0 saturated heterocycles. The van der Waals surface area contributed by atoms with Crippen molar-refractivity contribution < 1.29 is 5.11 Å². The number of pyridine rings is 1. The van der Waals surface area contributed by atoms with E-state index in [-0.39, 0.29) is 5.75 Å². The summed E-state index contributed by atoms with van der Waals surface area (Å²) in [4.78, 5) is 3.81. The van der Waals surface area contributed by atoms with Crippen LogP contribution in [0.5, 0.6) is 5.75 Å². The molecule has 1 aromatic heterocycles. The first-order chi connectivity index (χ1) is 4.74. The Balaban J connectivity index is 3.16. The topological polar surface area (TPSA) is 59.1 Å². The second kappa shape index (κ2) is 2.39. The molecule has 52 valence electrons. The van der Waals surface area contributed by atoms with Crippen LogP contribution >= 0.6 is 0 Å². The zero-order chi connectivity index (χ0) is 7.56. The van der Waals surface area contributed by atoms with Gasteiger partial charge in [0.15, 0.2) is 5.75 Å². The molecular formula is C7H8N2O. The van der Waals surface area contributed by atoms with E-state index in [1.165, 1.54) is 6.20 Å². The lowest BCUT2D eigenvalue weighted by atomic mass is 10.3. The highest BCUT2D eigenvalue weighted by atomic mass is 16.3. The average Bonchev–Trinajstić information content (AvgIpc) is 1.95. The SMILES string of the molecule is C=Cc1cc(N)c(O)cn1. The van der Waals surface area contributed by atoms with Gasteiger partial charge in [0.25, 0.3) is 0 Å². The van der Waals surface area contributed by atoms with Crippen LogP contribution < -0.4 is 5.73 Å². The molecule has 3 nitrogen and oxygen atoms in total. The fourth-order valence-electron chi connectivity index (χ4n) is 0.592. The van der Waals surface area contributed by atoms with Gasteiger partial charge in [-0.05, 0) is 12.1 Å². The van der Waals surface area contributed by atoms with Crippen molar-refractivity contribution in [3.05, 3.63) is 24.5 Å². The molecule has 0 saturated carbocycles. The molecule has 0 aliphatic carbocycles. The van der Waals surface area contributed by atoms with Crippen molar-refractivity contribution in [2.45, 2.75) is 0 Å². The number of anilines is 1. The first-order valence-corrected chi connectivity index (χ1v) is 2.81. The summed E-state index contributed by atoms with van der Waals surface area (Å²) in [5.41, 5.74) is 6.34. The highest BCUT2D eigenvalue weighted by Gasteiger charge is 1.95. The van der Waals surface area contributed by atoms with Gasteiger partial charge in [-0.1, -0.05) is 6.58 Å².